The van der Waals surface area contributed by atoms with Crippen molar-refractivity contribution in [1.82, 2.24) is 0 Å². The highest BCUT2D eigenvalue weighted by Gasteiger charge is 2.34. The highest BCUT2D eigenvalue weighted by molar-refractivity contribution is 5.69. The minimum Gasteiger partial charge on any atom is -0.314 e. The number of para-hydroxylation sites is 1. The number of alkyl halides is 6. The fourth-order valence-corrected chi connectivity index (χ4v) is 2.91. The van der Waals surface area contributed by atoms with Gasteiger partial charge in [-0.05, 0) is 55.3 Å². The van der Waals surface area contributed by atoms with Crippen molar-refractivity contribution in [3.05, 3.63) is 83.6 Å². The normalized spacial score (nSPS) is 15.2. The molecule has 0 saturated carbocycles. The largest absolute Gasteiger partial charge is 0.416 e. The van der Waals surface area contributed by atoms with Crippen molar-refractivity contribution >= 4 is 11.4 Å². The Morgan fingerprint density at radius 1 is 0.630 bits per heavy atom. The van der Waals surface area contributed by atoms with E-state index in [9.17, 15) is 26.3 Å². The molecule has 1 aliphatic carbocycles. The average molecular weight is 383 g/mol. The SMILES string of the molecule is FC(F)(F)C1=CC=C(N(c2ccccc2)c2ccc(C(F)(F)F)cc2)CC1. The van der Waals surface area contributed by atoms with Gasteiger partial charge in [0.15, 0.2) is 0 Å². The third-order valence-electron chi connectivity index (χ3n) is 4.25. The second-order valence-electron chi connectivity index (χ2n) is 6.06. The van der Waals surface area contributed by atoms with Crippen LogP contribution in [0.2, 0.25) is 0 Å². The van der Waals surface area contributed by atoms with Crippen molar-refractivity contribution in [2.75, 3.05) is 4.90 Å². The van der Waals surface area contributed by atoms with Crippen LogP contribution in [-0.4, -0.2) is 6.18 Å². The van der Waals surface area contributed by atoms with Crippen LogP contribution in [0, 0.1) is 0 Å². The van der Waals surface area contributed by atoms with E-state index in [1.807, 2.05) is 0 Å². The summed E-state index contributed by atoms with van der Waals surface area (Å²) in [5.41, 5.74) is 0.286. The van der Waals surface area contributed by atoms with Gasteiger partial charge < -0.3 is 4.90 Å². The van der Waals surface area contributed by atoms with Gasteiger partial charge >= 0.3 is 12.4 Å². The molecule has 0 radical (unpaired) electrons. The summed E-state index contributed by atoms with van der Waals surface area (Å²) in [6, 6.07) is 13.4. The van der Waals surface area contributed by atoms with Gasteiger partial charge in [0.05, 0.1) is 5.56 Å². The minimum absolute atomic E-state index is 0.126. The maximum absolute atomic E-state index is 12.9. The molecule has 142 valence electrons. The number of halogens is 6. The van der Waals surface area contributed by atoms with E-state index >= 15 is 0 Å². The van der Waals surface area contributed by atoms with Gasteiger partial charge in [0.1, 0.15) is 0 Å². The molecular formula is C20H15F6N. The molecule has 0 N–H and O–H groups in total. The Labute approximate surface area is 152 Å². The molecule has 1 aliphatic rings. The number of allylic oxidation sites excluding steroid dienone is 4. The van der Waals surface area contributed by atoms with Crippen LogP contribution in [0.15, 0.2) is 78.0 Å². The molecule has 0 heterocycles. The standard InChI is InChI=1S/C20H15F6N/c21-19(22,23)14-6-10-17(11-7-14)27(16-4-2-1-3-5-16)18-12-8-15(9-13-18)20(24,25)26/h1-8,10-12H,9,13H2. The summed E-state index contributed by atoms with van der Waals surface area (Å²) < 4.78 is 77.0. The Bertz CT molecular complexity index is 845. The van der Waals surface area contributed by atoms with Crippen molar-refractivity contribution in [3.8, 4) is 0 Å². The number of hydrogen-bond acceptors (Lipinski definition) is 1. The molecule has 3 rings (SSSR count). The molecule has 0 aliphatic heterocycles. The van der Waals surface area contributed by atoms with E-state index in [0.29, 0.717) is 17.1 Å². The maximum atomic E-state index is 12.9. The van der Waals surface area contributed by atoms with Crippen LogP contribution < -0.4 is 4.90 Å². The summed E-state index contributed by atoms with van der Waals surface area (Å²) in [7, 11) is 0. The lowest BCUT2D eigenvalue weighted by Gasteiger charge is -2.30. The van der Waals surface area contributed by atoms with Crippen LogP contribution in [0.25, 0.3) is 0 Å². The first-order chi connectivity index (χ1) is 12.7. The van der Waals surface area contributed by atoms with E-state index in [1.54, 1.807) is 35.2 Å². The Morgan fingerprint density at radius 3 is 1.70 bits per heavy atom. The van der Waals surface area contributed by atoms with Crippen molar-refractivity contribution in [2.24, 2.45) is 0 Å². The molecule has 7 heteroatoms. The quantitative estimate of drug-likeness (QED) is 0.515. The summed E-state index contributed by atoms with van der Waals surface area (Å²) in [4.78, 5) is 1.67. The third-order valence-corrected chi connectivity index (χ3v) is 4.25. The van der Waals surface area contributed by atoms with Gasteiger partial charge in [-0.25, -0.2) is 0 Å². The van der Waals surface area contributed by atoms with Crippen molar-refractivity contribution in [1.29, 1.82) is 0 Å². The molecule has 0 atom stereocenters. The lowest BCUT2D eigenvalue weighted by Crippen LogP contribution is -2.21. The van der Waals surface area contributed by atoms with Crippen molar-refractivity contribution < 1.29 is 26.3 Å². The van der Waals surface area contributed by atoms with Gasteiger partial charge in [0.2, 0.25) is 0 Å². The van der Waals surface area contributed by atoms with E-state index < -0.39 is 23.5 Å². The monoisotopic (exact) mass is 383 g/mol. The molecular weight excluding hydrogens is 368 g/mol. The number of rotatable bonds is 3. The molecule has 0 unspecified atom stereocenters. The highest BCUT2D eigenvalue weighted by Crippen LogP contribution is 2.39. The van der Waals surface area contributed by atoms with Crippen LogP contribution in [0.5, 0.6) is 0 Å². The molecule has 27 heavy (non-hydrogen) atoms. The van der Waals surface area contributed by atoms with Gasteiger partial charge in [-0.1, -0.05) is 24.3 Å². The van der Waals surface area contributed by atoms with E-state index in [0.717, 1.165) is 18.2 Å². The molecule has 0 amide bonds. The summed E-state index contributed by atoms with van der Waals surface area (Å²) in [6.07, 6.45) is -6.49. The first-order valence-corrected chi connectivity index (χ1v) is 8.15. The Hall–Kier alpha value is -2.70. The fourth-order valence-electron chi connectivity index (χ4n) is 2.91. The summed E-state index contributed by atoms with van der Waals surface area (Å²) >= 11 is 0. The first-order valence-electron chi connectivity index (χ1n) is 8.15. The van der Waals surface area contributed by atoms with E-state index in [2.05, 4.69) is 0 Å². The Kier molecular flexibility index (Phi) is 5.04. The summed E-state index contributed by atoms with van der Waals surface area (Å²) in [5, 5.41) is 0. The maximum Gasteiger partial charge on any atom is 0.416 e. The Morgan fingerprint density at radius 2 is 1.22 bits per heavy atom. The lowest BCUT2D eigenvalue weighted by molar-refractivity contribution is -0.137. The van der Waals surface area contributed by atoms with Gasteiger partial charge in [-0.15, -0.1) is 0 Å². The van der Waals surface area contributed by atoms with Gasteiger partial charge in [0, 0.05) is 22.6 Å². The van der Waals surface area contributed by atoms with Crippen LogP contribution in [-0.2, 0) is 6.18 Å². The highest BCUT2D eigenvalue weighted by atomic mass is 19.4. The zero-order valence-electron chi connectivity index (χ0n) is 14.0. The predicted octanol–water partition coefficient (Wildman–Crippen LogP) is 7.01. The number of anilines is 2. The van der Waals surface area contributed by atoms with E-state index in [-0.39, 0.29) is 12.8 Å². The fraction of sp³-hybridized carbons (Fsp3) is 0.200. The van der Waals surface area contributed by atoms with Gasteiger partial charge in [0.25, 0.3) is 0 Å². The zero-order valence-corrected chi connectivity index (χ0v) is 14.0. The summed E-state index contributed by atoms with van der Waals surface area (Å²) in [5.74, 6) is 0. The molecule has 0 bridgehead atoms. The minimum atomic E-state index is -4.45. The first kappa shape index (κ1) is 19.1. The second-order valence-corrected chi connectivity index (χ2v) is 6.06. The van der Waals surface area contributed by atoms with Gasteiger partial charge in [-0.2, -0.15) is 26.3 Å². The zero-order chi connectivity index (χ0) is 19.7. The number of benzene rings is 2. The van der Waals surface area contributed by atoms with Crippen LogP contribution in [0.3, 0.4) is 0 Å². The predicted molar refractivity (Wildman–Crippen MR) is 91.5 cm³/mol. The average Bonchev–Trinajstić information content (AvgIpc) is 2.62. The van der Waals surface area contributed by atoms with Crippen molar-refractivity contribution in [3.63, 3.8) is 0 Å². The van der Waals surface area contributed by atoms with Crippen LogP contribution >= 0.6 is 0 Å². The van der Waals surface area contributed by atoms with Crippen LogP contribution in [0.4, 0.5) is 37.7 Å². The molecule has 0 saturated heterocycles. The molecule has 1 nitrogen and oxygen atoms in total. The van der Waals surface area contributed by atoms with Crippen LogP contribution in [0.1, 0.15) is 18.4 Å². The lowest BCUT2D eigenvalue weighted by atomic mass is 10.00. The topological polar surface area (TPSA) is 3.24 Å². The molecule has 2 aromatic carbocycles. The molecule has 0 fully saturated rings. The summed E-state index contributed by atoms with van der Waals surface area (Å²) in [6.45, 7) is 0. The third kappa shape index (κ3) is 4.35. The smallest absolute Gasteiger partial charge is 0.314 e. The van der Waals surface area contributed by atoms with E-state index in [4.69, 9.17) is 0 Å². The van der Waals surface area contributed by atoms with E-state index in [1.165, 1.54) is 18.2 Å². The molecule has 0 spiro atoms. The number of nitrogens with zero attached hydrogens (tertiary/aromatic N) is 1. The number of hydrogen-bond donors (Lipinski definition) is 0. The Balaban J connectivity index is 2.01. The molecule has 0 aromatic heterocycles. The van der Waals surface area contributed by atoms with Crippen molar-refractivity contribution in [2.45, 2.75) is 25.2 Å². The van der Waals surface area contributed by atoms with Gasteiger partial charge in [-0.3, -0.25) is 0 Å². The second kappa shape index (κ2) is 7.13. The molecule has 2 aromatic rings.